The summed E-state index contributed by atoms with van der Waals surface area (Å²) in [5.74, 6) is 1.05. The molecule has 0 amide bonds. The second-order valence-corrected chi connectivity index (χ2v) is 4.83. The Morgan fingerprint density at radius 2 is 1.75 bits per heavy atom. The fourth-order valence-corrected chi connectivity index (χ4v) is 3.20. The third-order valence-corrected chi connectivity index (χ3v) is 3.77. The molecule has 2 bridgehead atoms. The van der Waals surface area contributed by atoms with E-state index in [9.17, 15) is 0 Å². The van der Waals surface area contributed by atoms with E-state index in [-0.39, 0.29) is 0 Å². The fraction of sp³-hybridized carbons (Fsp3) is 1.00. The molecular formula is C11H21N. The summed E-state index contributed by atoms with van der Waals surface area (Å²) in [4.78, 5) is 2.73. The molecule has 1 nitrogen and oxygen atoms in total. The Labute approximate surface area is 76.1 Å². The molecule has 0 radical (unpaired) electrons. The zero-order valence-corrected chi connectivity index (χ0v) is 8.59. The quantitative estimate of drug-likeness (QED) is 0.611. The first kappa shape index (κ1) is 8.55. The number of rotatable bonds is 2. The van der Waals surface area contributed by atoms with E-state index in [1.165, 1.54) is 25.7 Å². The van der Waals surface area contributed by atoms with Gasteiger partial charge in [-0.05, 0) is 39.0 Å². The Hall–Kier alpha value is -0.0400. The molecule has 0 aromatic heterocycles. The maximum Gasteiger partial charge on any atom is 0.0118 e. The lowest BCUT2D eigenvalue weighted by atomic mass is 9.72. The van der Waals surface area contributed by atoms with Crippen molar-refractivity contribution < 1.29 is 0 Å². The van der Waals surface area contributed by atoms with Gasteiger partial charge in [-0.2, -0.15) is 0 Å². The predicted molar refractivity (Wildman–Crippen MR) is 52.2 cm³/mol. The van der Waals surface area contributed by atoms with Crippen LogP contribution in [0.15, 0.2) is 0 Å². The molecule has 1 saturated carbocycles. The highest BCUT2D eigenvalue weighted by Gasteiger charge is 2.45. The first-order chi connectivity index (χ1) is 5.72. The van der Waals surface area contributed by atoms with Crippen molar-refractivity contribution in [3.8, 4) is 0 Å². The van der Waals surface area contributed by atoms with Crippen LogP contribution in [-0.4, -0.2) is 23.0 Å². The van der Waals surface area contributed by atoms with E-state index >= 15 is 0 Å². The van der Waals surface area contributed by atoms with Crippen LogP contribution in [-0.2, 0) is 0 Å². The van der Waals surface area contributed by atoms with Crippen molar-refractivity contribution in [2.75, 3.05) is 0 Å². The van der Waals surface area contributed by atoms with E-state index in [2.05, 4.69) is 25.7 Å². The fourth-order valence-electron chi connectivity index (χ4n) is 3.20. The molecule has 0 aromatic carbocycles. The van der Waals surface area contributed by atoms with Crippen LogP contribution in [0.25, 0.3) is 0 Å². The second kappa shape index (κ2) is 3.02. The summed E-state index contributed by atoms with van der Waals surface area (Å²) in [5, 5.41) is 0. The van der Waals surface area contributed by atoms with Crippen molar-refractivity contribution in [3.63, 3.8) is 0 Å². The lowest BCUT2D eigenvalue weighted by molar-refractivity contribution is -0.0736. The monoisotopic (exact) mass is 167 g/mol. The predicted octanol–water partition coefficient (Wildman–Crippen LogP) is 2.66. The van der Waals surface area contributed by atoms with E-state index in [1.54, 1.807) is 0 Å². The summed E-state index contributed by atoms with van der Waals surface area (Å²) >= 11 is 0. The average molecular weight is 167 g/mol. The first-order valence-corrected chi connectivity index (χ1v) is 5.49. The molecule has 3 aliphatic rings. The van der Waals surface area contributed by atoms with Crippen molar-refractivity contribution in [1.29, 1.82) is 0 Å². The molecule has 0 N–H and O–H groups in total. The van der Waals surface area contributed by atoms with Crippen molar-refractivity contribution >= 4 is 0 Å². The summed E-state index contributed by atoms with van der Waals surface area (Å²) in [6.45, 7) is 7.02. The topological polar surface area (TPSA) is 3.24 Å². The van der Waals surface area contributed by atoms with Gasteiger partial charge in [0.1, 0.15) is 0 Å². The van der Waals surface area contributed by atoms with Gasteiger partial charge >= 0.3 is 0 Å². The first-order valence-electron chi connectivity index (χ1n) is 5.49. The molecule has 70 valence electrons. The average Bonchev–Trinajstić information content (AvgIpc) is 2.03. The van der Waals surface area contributed by atoms with Gasteiger partial charge in [-0.1, -0.05) is 13.3 Å². The maximum atomic E-state index is 2.73. The summed E-state index contributed by atoms with van der Waals surface area (Å²) < 4.78 is 0. The van der Waals surface area contributed by atoms with E-state index in [4.69, 9.17) is 0 Å². The smallest absolute Gasteiger partial charge is 0.0118 e. The lowest BCUT2D eigenvalue weighted by Gasteiger charge is -2.57. The van der Waals surface area contributed by atoms with Gasteiger partial charge in [-0.3, -0.25) is 4.90 Å². The lowest BCUT2D eigenvalue weighted by Crippen LogP contribution is -2.62. The van der Waals surface area contributed by atoms with Gasteiger partial charge in [-0.15, -0.1) is 0 Å². The summed E-state index contributed by atoms with van der Waals surface area (Å²) in [5.41, 5.74) is 0. The Kier molecular flexibility index (Phi) is 2.16. The maximum absolute atomic E-state index is 2.73. The van der Waals surface area contributed by atoms with E-state index in [0.29, 0.717) is 0 Å². The number of hydrogen-bond acceptors (Lipinski definition) is 1. The Bertz CT molecular complexity index is 152. The second-order valence-electron chi connectivity index (χ2n) is 4.83. The summed E-state index contributed by atoms with van der Waals surface area (Å²) in [6.07, 6.45) is 5.85. The van der Waals surface area contributed by atoms with Gasteiger partial charge < -0.3 is 0 Å². The van der Waals surface area contributed by atoms with E-state index < -0.39 is 0 Å². The van der Waals surface area contributed by atoms with Crippen LogP contribution in [0.5, 0.6) is 0 Å². The molecule has 0 aromatic rings. The number of fused-ring (bicyclic) bond motifs is 2. The molecule has 2 unspecified atom stereocenters. The Morgan fingerprint density at radius 1 is 1.17 bits per heavy atom. The molecule has 3 rings (SSSR count). The highest BCUT2D eigenvalue weighted by atomic mass is 15.3. The van der Waals surface area contributed by atoms with E-state index in [0.717, 1.165) is 24.0 Å². The van der Waals surface area contributed by atoms with E-state index in [1.807, 2.05) is 0 Å². The molecule has 3 fully saturated rings. The molecule has 2 saturated heterocycles. The van der Waals surface area contributed by atoms with Crippen LogP contribution in [0.3, 0.4) is 0 Å². The van der Waals surface area contributed by atoms with Crippen molar-refractivity contribution in [3.05, 3.63) is 0 Å². The molecule has 12 heavy (non-hydrogen) atoms. The molecule has 2 heterocycles. The molecule has 1 aliphatic carbocycles. The van der Waals surface area contributed by atoms with Crippen molar-refractivity contribution in [2.24, 2.45) is 5.92 Å². The molecular weight excluding hydrogens is 146 g/mol. The van der Waals surface area contributed by atoms with Gasteiger partial charge in [0.05, 0.1) is 0 Å². The van der Waals surface area contributed by atoms with Crippen molar-refractivity contribution in [1.82, 2.24) is 4.90 Å². The highest BCUT2D eigenvalue weighted by Crippen LogP contribution is 2.43. The number of piperidine rings is 1. The normalized spacial score (nSPS) is 41.5. The van der Waals surface area contributed by atoms with Crippen LogP contribution in [0.2, 0.25) is 0 Å². The van der Waals surface area contributed by atoms with Gasteiger partial charge in [0.25, 0.3) is 0 Å². The summed E-state index contributed by atoms with van der Waals surface area (Å²) in [6, 6.07) is 2.69. The number of hydrogen-bond donors (Lipinski definition) is 0. The SMILES string of the molecule is CCC1CC2CC(C1)N2C(C)C. The largest absolute Gasteiger partial charge is 0.295 e. The minimum absolute atomic E-state index is 0.784. The minimum atomic E-state index is 0.784. The van der Waals surface area contributed by atoms with Crippen LogP contribution >= 0.6 is 0 Å². The summed E-state index contributed by atoms with van der Waals surface area (Å²) in [7, 11) is 0. The number of nitrogens with zero attached hydrogens (tertiary/aromatic N) is 1. The zero-order chi connectivity index (χ0) is 8.72. The van der Waals surface area contributed by atoms with Gasteiger partial charge in [0.2, 0.25) is 0 Å². The third-order valence-electron chi connectivity index (χ3n) is 3.77. The highest BCUT2D eigenvalue weighted by molar-refractivity contribution is 5.00. The molecule has 1 heteroatoms. The molecule has 2 aliphatic heterocycles. The van der Waals surface area contributed by atoms with Crippen molar-refractivity contribution in [2.45, 2.75) is 64.6 Å². The minimum Gasteiger partial charge on any atom is -0.295 e. The van der Waals surface area contributed by atoms with Crippen LogP contribution in [0.1, 0.15) is 46.5 Å². The van der Waals surface area contributed by atoms with Gasteiger partial charge in [-0.25, -0.2) is 0 Å². The van der Waals surface area contributed by atoms with Gasteiger partial charge in [0.15, 0.2) is 0 Å². The zero-order valence-electron chi connectivity index (χ0n) is 8.59. The van der Waals surface area contributed by atoms with Crippen LogP contribution in [0, 0.1) is 5.92 Å². The molecule has 2 atom stereocenters. The molecule has 0 spiro atoms. The van der Waals surface area contributed by atoms with Gasteiger partial charge in [0, 0.05) is 18.1 Å². The van der Waals surface area contributed by atoms with Crippen LogP contribution in [0.4, 0.5) is 0 Å². The Morgan fingerprint density at radius 3 is 2.17 bits per heavy atom. The van der Waals surface area contributed by atoms with Crippen LogP contribution < -0.4 is 0 Å². The standard InChI is InChI=1S/C11H21N/c1-4-9-5-10-7-11(6-9)12(10)8(2)3/h8-11H,4-7H2,1-3H3. The third kappa shape index (κ3) is 1.19. The Balaban J connectivity index is 1.94.